The zero-order valence-electron chi connectivity index (χ0n) is 13.9. The molecular weight excluding hydrogens is 367 g/mol. The third-order valence-electron chi connectivity index (χ3n) is 5.30. The molecule has 0 unspecified atom stereocenters. The van der Waals surface area contributed by atoms with Crippen LogP contribution in [-0.2, 0) is 17.6 Å². The number of halogens is 2. The molecule has 0 spiro atoms. The summed E-state index contributed by atoms with van der Waals surface area (Å²) in [6, 6.07) is 0. The van der Waals surface area contributed by atoms with Gasteiger partial charge in [-0.1, -0.05) is 19.8 Å². The Morgan fingerprint density at radius 1 is 1.42 bits per heavy atom. The zero-order chi connectivity index (χ0) is 17.7. The van der Waals surface area contributed by atoms with Crippen molar-refractivity contribution in [2.75, 3.05) is 5.32 Å². The Morgan fingerprint density at radius 2 is 2.08 bits per heavy atom. The van der Waals surface area contributed by atoms with Crippen molar-refractivity contribution < 1.29 is 9.59 Å². The number of primary amides is 1. The number of hydrogen-bond acceptors (Lipinski definition) is 3. The number of rotatable bonds is 5. The first-order valence-corrected chi connectivity index (χ1v) is 9.90. The normalized spacial score (nSPS) is 27.4. The lowest BCUT2D eigenvalue weighted by molar-refractivity contribution is -0.120. The molecule has 7 heteroatoms. The van der Waals surface area contributed by atoms with Gasteiger partial charge in [0.2, 0.25) is 5.91 Å². The molecule has 1 saturated carbocycles. The Kier molecular flexibility index (Phi) is 4.65. The highest BCUT2D eigenvalue weighted by molar-refractivity contribution is 7.17. The quantitative estimate of drug-likeness (QED) is 0.738. The smallest absolute Gasteiger partial charge is 0.251 e. The molecule has 1 heterocycles. The molecule has 0 saturated heterocycles. The average molecular weight is 389 g/mol. The van der Waals surface area contributed by atoms with E-state index in [1.165, 1.54) is 22.6 Å². The summed E-state index contributed by atoms with van der Waals surface area (Å²) >= 11 is 13.6. The Balaban J connectivity index is 1.86. The van der Waals surface area contributed by atoms with E-state index in [2.05, 4.69) is 12.2 Å². The van der Waals surface area contributed by atoms with Crippen LogP contribution in [0.5, 0.6) is 0 Å². The van der Waals surface area contributed by atoms with Crippen LogP contribution in [0.4, 0.5) is 5.00 Å². The molecule has 132 valence electrons. The van der Waals surface area contributed by atoms with E-state index in [9.17, 15) is 9.59 Å². The summed E-state index contributed by atoms with van der Waals surface area (Å²) in [6.45, 7) is 3.92. The molecule has 1 aromatic heterocycles. The average Bonchev–Trinajstić information content (AvgIpc) is 2.85. The summed E-state index contributed by atoms with van der Waals surface area (Å²) in [5, 5.41) is 3.41. The van der Waals surface area contributed by atoms with E-state index in [4.69, 9.17) is 28.9 Å². The summed E-state index contributed by atoms with van der Waals surface area (Å²) in [6.07, 6.45) is 5.61. The summed E-state index contributed by atoms with van der Waals surface area (Å²) in [5.41, 5.74) is 6.26. The summed E-state index contributed by atoms with van der Waals surface area (Å²) in [5.74, 6) is -0.0934. The van der Waals surface area contributed by atoms with Crippen LogP contribution in [0.25, 0.3) is 0 Å². The third kappa shape index (κ3) is 2.95. The van der Waals surface area contributed by atoms with Crippen molar-refractivity contribution in [1.82, 2.24) is 0 Å². The van der Waals surface area contributed by atoms with Crippen LogP contribution in [0.2, 0.25) is 0 Å². The predicted molar refractivity (Wildman–Crippen MR) is 99.1 cm³/mol. The highest BCUT2D eigenvalue weighted by atomic mass is 35.5. The monoisotopic (exact) mass is 388 g/mol. The largest absolute Gasteiger partial charge is 0.365 e. The van der Waals surface area contributed by atoms with Crippen LogP contribution in [0.1, 0.15) is 60.3 Å². The second kappa shape index (κ2) is 6.19. The second-order valence-corrected chi connectivity index (χ2v) is 9.73. The number of amides is 2. The molecule has 2 amide bonds. The molecule has 24 heavy (non-hydrogen) atoms. The van der Waals surface area contributed by atoms with Gasteiger partial charge in [-0.25, -0.2) is 0 Å². The summed E-state index contributed by atoms with van der Waals surface area (Å²) in [7, 11) is 0. The van der Waals surface area contributed by atoms with Gasteiger partial charge in [0.15, 0.2) is 0 Å². The van der Waals surface area contributed by atoms with E-state index in [1.807, 2.05) is 0 Å². The van der Waals surface area contributed by atoms with Crippen LogP contribution >= 0.6 is 34.5 Å². The van der Waals surface area contributed by atoms with E-state index >= 15 is 0 Å². The van der Waals surface area contributed by atoms with E-state index in [1.54, 1.807) is 6.92 Å². The van der Waals surface area contributed by atoms with E-state index < -0.39 is 15.7 Å². The Labute approximate surface area is 156 Å². The Morgan fingerprint density at radius 3 is 2.62 bits per heavy atom. The number of hydrogen-bond donors (Lipinski definition) is 2. The van der Waals surface area contributed by atoms with Gasteiger partial charge in [0, 0.05) is 4.88 Å². The molecule has 4 nitrogen and oxygen atoms in total. The van der Waals surface area contributed by atoms with Gasteiger partial charge >= 0.3 is 0 Å². The molecule has 0 aromatic carbocycles. The minimum Gasteiger partial charge on any atom is -0.365 e. The zero-order valence-corrected chi connectivity index (χ0v) is 16.2. The van der Waals surface area contributed by atoms with Crippen LogP contribution in [0.15, 0.2) is 0 Å². The first kappa shape index (κ1) is 18.0. The van der Waals surface area contributed by atoms with Gasteiger partial charge in [0.1, 0.15) is 9.33 Å². The van der Waals surface area contributed by atoms with Crippen LogP contribution < -0.4 is 11.1 Å². The lowest BCUT2D eigenvalue weighted by atomic mass is 9.84. The summed E-state index contributed by atoms with van der Waals surface area (Å²) in [4.78, 5) is 25.7. The molecule has 0 bridgehead atoms. The number of thiophene rings is 1. The maximum absolute atomic E-state index is 12.5. The van der Waals surface area contributed by atoms with Crippen LogP contribution in [-0.4, -0.2) is 16.1 Å². The fraction of sp³-hybridized carbons (Fsp3) is 0.647. The van der Waals surface area contributed by atoms with Crippen LogP contribution in [0.3, 0.4) is 0 Å². The number of nitrogens with one attached hydrogen (secondary N) is 1. The predicted octanol–water partition coefficient (Wildman–Crippen LogP) is 4.27. The number of anilines is 1. The van der Waals surface area contributed by atoms with Crippen molar-refractivity contribution in [3.63, 3.8) is 0 Å². The molecule has 0 aliphatic heterocycles. The Bertz CT molecular complexity index is 701. The van der Waals surface area contributed by atoms with Gasteiger partial charge in [0.05, 0.1) is 11.0 Å². The minimum atomic E-state index is -1.03. The molecule has 2 aliphatic rings. The second-order valence-electron chi connectivity index (χ2n) is 7.14. The summed E-state index contributed by atoms with van der Waals surface area (Å²) < 4.78 is -1.03. The molecule has 2 aliphatic carbocycles. The van der Waals surface area contributed by atoms with Gasteiger partial charge in [-0.15, -0.1) is 34.5 Å². The van der Waals surface area contributed by atoms with Crippen molar-refractivity contribution in [2.24, 2.45) is 17.1 Å². The lowest BCUT2D eigenvalue weighted by Gasteiger charge is -2.21. The van der Waals surface area contributed by atoms with Gasteiger partial charge in [-0.05, 0) is 44.1 Å². The van der Waals surface area contributed by atoms with Gasteiger partial charge in [0.25, 0.3) is 5.91 Å². The maximum atomic E-state index is 12.5. The fourth-order valence-electron chi connectivity index (χ4n) is 3.54. The fourth-order valence-corrected chi connectivity index (χ4v) is 5.61. The number of fused-ring (bicyclic) bond motifs is 1. The first-order chi connectivity index (χ1) is 11.2. The lowest BCUT2D eigenvalue weighted by Crippen LogP contribution is -2.27. The standard InChI is InChI=1S/C17H22Cl2N2O2S/c1-3-4-9-5-6-10-11(7-9)24-14(12(10)13(20)22)21-15(23)16(2)8-17(16,18)19/h9H,3-8H2,1-2H3,(H2,20,22)(H,21,23)/t9-,16+/m0/s1. The van der Waals surface area contributed by atoms with E-state index in [0.717, 1.165) is 31.2 Å². The van der Waals surface area contributed by atoms with E-state index in [0.29, 0.717) is 22.9 Å². The number of carbonyl (C=O) groups is 2. The first-order valence-electron chi connectivity index (χ1n) is 8.33. The Hall–Kier alpha value is -0.780. The highest BCUT2D eigenvalue weighted by Gasteiger charge is 2.68. The molecule has 1 fully saturated rings. The minimum absolute atomic E-state index is 0.251. The van der Waals surface area contributed by atoms with E-state index in [-0.39, 0.29) is 5.91 Å². The molecule has 0 radical (unpaired) electrons. The molecule has 3 N–H and O–H groups in total. The topological polar surface area (TPSA) is 72.2 Å². The van der Waals surface area contributed by atoms with Gasteiger partial charge in [-0.2, -0.15) is 0 Å². The number of alkyl halides is 2. The third-order valence-corrected chi connectivity index (χ3v) is 7.57. The molecule has 3 rings (SSSR count). The van der Waals surface area contributed by atoms with Crippen LogP contribution in [0, 0.1) is 11.3 Å². The van der Waals surface area contributed by atoms with Crippen molar-refractivity contribution in [1.29, 1.82) is 0 Å². The number of carbonyl (C=O) groups excluding carboxylic acids is 2. The van der Waals surface area contributed by atoms with Gasteiger partial charge < -0.3 is 11.1 Å². The van der Waals surface area contributed by atoms with Crippen molar-refractivity contribution in [3.05, 3.63) is 16.0 Å². The van der Waals surface area contributed by atoms with Crippen molar-refractivity contribution in [2.45, 2.75) is 56.7 Å². The maximum Gasteiger partial charge on any atom is 0.251 e. The molecule has 1 aromatic rings. The molecular formula is C17H22Cl2N2O2S. The highest BCUT2D eigenvalue weighted by Crippen LogP contribution is 2.64. The SMILES string of the molecule is CCC[C@H]1CCc2c(sc(NC(=O)[C@@]3(C)CC3(Cl)Cl)c2C(N)=O)C1. The van der Waals surface area contributed by atoms with Crippen molar-refractivity contribution >= 4 is 51.4 Å². The van der Waals surface area contributed by atoms with Crippen molar-refractivity contribution in [3.8, 4) is 0 Å². The molecule has 2 atom stereocenters. The number of nitrogens with two attached hydrogens (primary N) is 1. The van der Waals surface area contributed by atoms with Gasteiger partial charge in [-0.3, -0.25) is 9.59 Å².